The normalized spacial score (nSPS) is 16.5. The Kier molecular flexibility index (Phi) is 4.16. The molecule has 1 atom stereocenters. The Hall–Kier alpha value is -2.06. The topological polar surface area (TPSA) is 29.8 Å². The molecular formula is C20H24N3OP. The predicted octanol–water partition coefficient (Wildman–Crippen LogP) is 4.62. The zero-order chi connectivity index (χ0) is 17.4. The summed E-state index contributed by atoms with van der Waals surface area (Å²) >= 11 is 0. The molecule has 4 rings (SSSR count). The van der Waals surface area contributed by atoms with E-state index in [1.54, 1.807) is 0 Å². The van der Waals surface area contributed by atoms with E-state index in [0.717, 1.165) is 32.8 Å². The number of hydrogen-bond donors (Lipinski definition) is 0. The lowest BCUT2D eigenvalue weighted by atomic mass is 9.82. The maximum atomic E-state index is 5.95. The Bertz CT molecular complexity index is 889. The van der Waals surface area contributed by atoms with Gasteiger partial charge in [0.15, 0.2) is 0 Å². The number of ether oxygens (including phenoxy) is 1. The van der Waals surface area contributed by atoms with Crippen molar-refractivity contribution in [3.05, 3.63) is 59.8 Å². The van der Waals surface area contributed by atoms with Crippen molar-refractivity contribution in [2.45, 2.75) is 32.3 Å². The van der Waals surface area contributed by atoms with Gasteiger partial charge in [0.2, 0.25) is 5.88 Å². The largest absolute Gasteiger partial charge is 0.472 e. The van der Waals surface area contributed by atoms with Gasteiger partial charge in [0.1, 0.15) is 6.61 Å². The number of anilines is 1. The first-order valence-corrected chi connectivity index (χ1v) is 10.2. The summed E-state index contributed by atoms with van der Waals surface area (Å²) in [5.74, 6) is 0.684. The molecule has 0 aliphatic carbocycles. The van der Waals surface area contributed by atoms with Crippen LogP contribution in [0.3, 0.4) is 0 Å². The second-order valence-corrected chi connectivity index (χ2v) is 8.16. The van der Waals surface area contributed by atoms with Crippen LogP contribution in [0.5, 0.6) is 5.88 Å². The Labute approximate surface area is 150 Å². The Balaban J connectivity index is 1.71. The Morgan fingerprint density at radius 2 is 1.96 bits per heavy atom. The highest BCUT2D eigenvalue weighted by Gasteiger charge is 2.33. The van der Waals surface area contributed by atoms with Gasteiger partial charge in [-0.15, -0.1) is 5.10 Å². The fourth-order valence-electron chi connectivity index (χ4n) is 3.54. The summed E-state index contributed by atoms with van der Waals surface area (Å²) in [6, 6.07) is 16.6. The van der Waals surface area contributed by atoms with E-state index < -0.39 is 0 Å². The van der Waals surface area contributed by atoms with Crippen LogP contribution in [0.15, 0.2) is 48.5 Å². The number of rotatable bonds is 4. The van der Waals surface area contributed by atoms with Crippen molar-refractivity contribution in [1.82, 2.24) is 9.61 Å². The maximum Gasteiger partial charge on any atom is 0.234 e. The van der Waals surface area contributed by atoms with Crippen molar-refractivity contribution in [1.29, 1.82) is 0 Å². The summed E-state index contributed by atoms with van der Waals surface area (Å²) in [5.41, 5.74) is 4.95. The minimum absolute atomic E-state index is 0.105. The fraction of sp³-hybridized carbons (Fsp3) is 0.350. The summed E-state index contributed by atoms with van der Waals surface area (Å²) in [5, 5.41) is 4.78. The van der Waals surface area contributed by atoms with Gasteiger partial charge in [0.05, 0.1) is 16.9 Å². The number of benzene rings is 1. The van der Waals surface area contributed by atoms with Gasteiger partial charge in [-0.2, -0.15) is 0 Å². The van der Waals surface area contributed by atoms with Gasteiger partial charge in [-0.3, -0.25) is 0 Å². The molecule has 2 aromatic heterocycles. The first kappa shape index (κ1) is 16.4. The third-order valence-corrected chi connectivity index (χ3v) is 5.98. The van der Waals surface area contributed by atoms with E-state index in [1.165, 1.54) is 11.4 Å². The Morgan fingerprint density at radius 1 is 1.16 bits per heavy atom. The number of pyridine rings is 1. The van der Waals surface area contributed by atoms with E-state index in [0.29, 0.717) is 12.5 Å². The van der Waals surface area contributed by atoms with Crippen molar-refractivity contribution in [2.75, 3.05) is 17.9 Å². The van der Waals surface area contributed by atoms with Crippen molar-refractivity contribution < 1.29 is 4.74 Å². The van der Waals surface area contributed by atoms with Crippen molar-refractivity contribution in [2.24, 2.45) is 0 Å². The first-order valence-electron chi connectivity index (χ1n) is 8.73. The van der Waals surface area contributed by atoms with E-state index in [4.69, 9.17) is 9.84 Å². The molecule has 0 spiro atoms. The second-order valence-electron chi connectivity index (χ2n) is 7.17. The Morgan fingerprint density at radius 3 is 2.72 bits per heavy atom. The van der Waals surface area contributed by atoms with E-state index in [9.17, 15) is 0 Å². The van der Waals surface area contributed by atoms with Crippen molar-refractivity contribution in [3.8, 4) is 5.88 Å². The lowest BCUT2D eigenvalue weighted by Crippen LogP contribution is -2.35. The van der Waals surface area contributed by atoms with Crippen LogP contribution < -0.4 is 9.41 Å². The SMILES string of the molecule is CPN1CCC(C)(C)c2c1ccc1cc(OCc3ccccc3)nn21. The van der Waals surface area contributed by atoms with E-state index in [1.807, 2.05) is 24.3 Å². The van der Waals surface area contributed by atoms with E-state index in [-0.39, 0.29) is 5.41 Å². The van der Waals surface area contributed by atoms with Crippen LogP contribution in [0.1, 0.15) is 31.5 Å². The molecule has 0 bridgehead atoms. The molecule has 1 unspecified atom stereocenters. The van der Waals surface area contributed by atoms with Gasteiger partial charge in [0, 0.05) is 18.0 Å². The smallest absolute Gasteiger partial charge is 0.234 e. The average molecular weight is 353 g/mol. The van der Waals surface area contributed by atoms with Crippen LogP contribution >= 0.6 is 8.73 Å². The zero-order valence-electron chi connectivity index (χ0n) is 15.0. The van der Waals surface area contributed by atoms with Crippen LogP contribution in [0.4, 0.5) is 5.69 Å². The molecule has 0 radical (unpaired) electrons. The lowest BCUT2D eigenvalue weighted by molar-refractivity contribution is 0.291. The quantitative estimate of drug-likeness (QED) is 0.641. The van der Waals surface area contributed by atoms with E-state index in [2.05, 4.69) is 54.0 Å². The van der Waals surface area contributed by atoms with Gasteiger partial charge in [0.25, 0.3) is 0 Å². The third kappa shape index (κ3) is 3.00. The second kappa shape index (κ2) is 6.34. The molecule has 5 heteroatoms. The fourth-order valence-corrected chi connectivity index (χ4v) is 4.29. The molecule has 0 saturated heterocycles. The van der Waals surface area contributed by atoms with Crippen LogP contribution in [-0.2, 0) is 12.0 Å². The number of hydrogen-bond acceptors (Lipinski definition) is 3. The molecule has 0 saturated carbocycles. The maximum absolute atomic E-state index is 5.95. The van der Waals surface area contributed by atoms with E-state index >= 15 is 0 Å². The highest BCUT2D eigenvalue weighted by Crippen LogP contribution is 2.43. The molecule has 3 heterocycles. The summed E-state index contributed by atoms with van der Waals surface area (Å²) in [6.07, 6.45) is 1.14. The zero-order valence-corrected chi connectivity index (χ0v) is 16.0. The van der Waals surface area contributed by atoms with Crippen LogP contribution in [0.2, 0.25) is 0 Å². The molecule has 130 valence electrons. The molecule has 1 aliphatic rings. The molecule has 25 heavy (non-hydrogen) atoms. The molecule has 3 aromatic rings. The summed E-state index contributed by atoms with van der Waals surface area (Å²) in [4.78, 5) is 0. The molecule has 1 aromatic carbocycles. The van der Waals surface area contributed by atoms with Crippen LogP contribution in [-0.4, -0.2) is 22.8 Å². The average Bonchev–Trinajstić information content (AvgIpc) is 3.03. The van der Waals surface area contributed by atoms with Crippen molar-refractivity contribution in [3.63, 3.8) is 0 Å². The third-order valence-electron chi connectivity index (χ3n) is 4.97. The molecular weight excluding hydrogens is 329 g/mol. The minimum atomic E-state index is 0.105. The molecule has 0 N–H and O–H groups in total. The number of nitrogens with zero attached hydrogens (tertiary/aromatic N) is 3. The predicted molar refractivity (Wildman–Crippen MR) is 105 cm³/mol. The highest BCUT2D eigenvalue weighted by atomic mass is 31.1. The molecule has 1 aliphatic heterocycles. The number of aromatic nitrogens is 2. The molecule has 4 nitrogen and oxygen atoms in total. The summed E-state index contributed by atoms with van der Waals surface area (Å²) < 4.78 is 10.5. The highest BCUT2D eigenvalue weighted by molar-refractivity contribution is 7.39. The van der Waals surface area contributed by atoms with Crippen molar-refractivity contribution >= 4 is 19.9 Å². The minimum Gasteiger partial charge on any atom is -0.472 e. The van der Waals surface area contributed by atoms with Gasteiger partial charge < -0.3 is 9.41 Å². The monoisotopic (exact) mass is 353 g/mol. The molecule has 0 fully saturated rings. The summed E-state index contributed by atoms with van der Waals surface area (Å²) in [7, 11) is 0.770. The number of fused-ring (bicyclic) bond motifs is 3. The first-order chi connectivity index (χ1) is 12.1. The molecule has 0 amide bonds. The summed E-state index contributed by atoms with van der Waals surface area (Å²) in [6.45, 7) is 8.52. The standard InChI is InChI=1S/C20H24N3OP/c1-20(2)11-12-22(25-3)17-10-9-16-13-18(21-23(16)19(17)20)24-14-15-7-5-4-6-8-15/h4-10,13,25H,11-12,14H2,1-3H3. The van der Waals surface area contributed by atoms with Gasteiger partial charge in [-0.25, -0.2) is 4.52 Å². The van der Waals surface area contributed by atoms with Gasteiger partial charge >= 0.3 is 0 Å². The van der Waals surface area contributed by atoms with Crippen LogP contribution in [0.25, 0.3) is 5.52 Å². The lowest BCUT2D eigenvalue weighted by Gasteiger charge is -2.39. The van der Waals surface area contributed by atoms with Crippen LogP contribution in [0, 0.1) is 0 Å². The van der Waals surface area contributed by atoms with Gasteiger partial charge in [-0.1, -0.05) is 44.2 Å². The van der Waals surface area contributed by atoms with Gasteiger partial charge in [-0.05, 0) is 39.5 Å².